The van der Waals surface area contributed by atoms with Crippen LogP contribution in [-0.2, 0) is 10.8 Å². The average Bonchev–Trinajstić information content (AvgIpc) is 2.42. The normalized spacial score (nSPS) is 12.3. The minimum absolute atomic E-state index is 0.589. The van der Waals surface area contributed by atoms with E-state index in [0.29, 0.717) is 16.3 Å². The summed E-state index contributed by atoms with van der Waals surface area (Å²) in [6, 6.07) is 15.6. The van der Waals surface area contributed by atoms with Crippen LogP contribution in [0.5, 0.6) is 0 Å². The topological polar surface area (TPSA) is 43.1 Å². The second-order valence-electron chi connectivity index (χ2n) is 3.89. The Labute approximate surface area is 128 Å². The van der Waals surface area contributed by atoms with Gasteiger partial charge in [-0.15, -0.1) is 11.8 Å². The Morgan fingerprint density at radius 2 is 1.89 bits per heavy atom. The van der Waals surface area contributed by atoms with Crippen LogP contribution in [0, 0.1) is 0 Å². The van der Waals surface area contributed by atoms with E-state index in [2.05, 4.69) is 28.1 Å². The predicted molar refractivity (Wildman–Crippen MR) is 87.0 cm³/mol. The maximum absolute atomic E-state index is 12.2. The van der Waals surface area contributed by atoms with Crippen molar-refractivity contribution in [1.82, 2.24) is 0 Å². The molecule has 19 heavy (non-hydrogen) atoms. The summed E-state index contributed by atoms with van der Waals surface area (Å²) in [5, 5.41) is 0. The van der Waals surface area contributed by atoms with Crippen LogP contribution in [0.1, 0.15) is 0 Å². The zero-order valence-electron chi connectivity index (χ0n) is 10.2. The van der Waals surface area contributed by atoms with E-state index in [1.807, 2.05) is 30.3 Å². The van der Waals surface area contributed by atoms with Crippen molar-refractivity contribution in [2.75, 3.05) is 17.2 Å². The Bertz CT molecular complexity index is 575. The minimum Gasteiger partial charge on any atom is -0.398 e. The summed E-state index contributed by atoms with van der Waals surface area (Å²) in [6.07, 6.45) is 0. The van der Waals surface area contributed by atoms with Crippen LogP contribution in [0.25, 0.3) is 0 Å². The molecule has 0 aromatic heterocycles. The van der Waals surface area contributed by atoms with Crippen molar-refractivity contribution >= 4 is 44.2 Å². The van der Waals surface area contributed by atoms with E-state index in [1.54, 1.807) is 17.8 Å². The van der Waals surface area contributed by atoms with E-state index in [-0.39, 0.29) is 0 Å². The summed E-state index contributed by atoms with van der Waals surface area (Å²) in [5.41, 5.74) is 6.44. The van der Waals surface area contributed by atoms with E-state index in [1.165, 1.54) is 4.90 Å². The van der Waals surface area contributed by atoms with Crippen LogP contribution in [0.15, 0.2) is 62.8 Å². The highest BCUT2D eigenvalue weighted by atomic mass is 79.9. The molecule has 1 unspecified atom stereocenters. The summed E-state index contributed by atoms with van der Waals surface area (Å²) < 4.78 is 13.1. The van der Waals surface area contributed by atoms with Gasteiger partial charge in [0.1, 0.15) is 0 Å². The lowest BCUT2D eigenvalue weighted by Crippen LogP contribution is -2.04. The van der Waals surface area contributed by atoms with Crippen molar-refractivity contribution in [3.8, 4) is 0 Å². The quantitative estimate of drug-likeness (QED) is 0.652. The van der Waals surface area contributed by atoms with Crippen molar-refractivity contribution in [2.24, 2.45) is 0 Å². The first-order chi connectivity index (χ1) is 9.16. The third-order valence-corrected chi connectivity index (χ3v) is 5.69. The highest BCUT2D eigenvalue weighted by Gasteiger charge is 2.08. The van der Waals surface area contributed by atoms with E-state index in [4.69, 9.17) is 5.73 Å². The van der Waals surface area contributed by atoms with Gasteiger partial charge < -0.3 is 5.73 Å². The first-order valence-electron chi connectivity index (χ1n) is 5.78. The van der Waals surface area contributed by atoms with Crippen LogP contribution in [0.4, 0.5) is 5.69 Å². The van der Waals surface area contributed by atoms with Crippen LogP contribution < -0.4 is 5.73 Å². The summed E-state index contributed by atoms with van der Waals surface area (Å²) in [4.78, 5) is 1.91. The lowest BCUT2D eigenvalue weighted by molar-refractivity contribution is 0.684. The Kier molecular flexibility index (Phi) is 5.48. The van der Waals surface area contributed by atoms with Crippen LogP contribution >= 0.6 is 27.7 Å². The molecule has 2 nitrogen and oxygen atoms in total. The summed E-state index contributed by atoms with van der Waals surface area (Å²) in [6.45, 7) is 0. The summed E-state index contributed by atoms with van der Waals surface area (Å²) in [5.74, 6) is 1.41. The van der Waals surface area contributed by atoms with Gasteiger partial charge in [0.05, 0.1) is 15.7 Å². The van der Waals surface area contributed by atoms with Crippen molar-refractivity contribution in [1.29, 1.82) is 0 Å². The van der Waals surface area contributed by atoms with Gasteiger partial charge in [0, 0.05) is 26.6 Å². The molecule has 2 aromatic carbocycles. The van der Waals surface area contributed by atoms with Crippen LogP contribution in [0.2, 0.25) is 0 Å². The standard InChI is InChI=1S/C14H14BrNOS2/c15-11-6-7-13(16)14(10-11)19(17)9-8-18-12-4-2-1-3-5-12/h1-7,10H,8-9,16H2. The number of hydrogen-bond donors (Lipinski definition) is 1. The molecule has 0 aliphatic rings. The maximum atomic E-state index is 12.2. The van der Waals surface area contributed by atoms with Crippen molar-refractivity contribution in [2.45, 2.75) is 9.79 Å². The van der Waals surface area contributed by atoms with E-state index in [0.717, 1.165) is 10.2 Å². The highest BCUT2D eigenvalue weighted by Crippen LogP contribution is 2.23. The molecule has 0 radical (unpaired) electrons. The van der Waals surface area contributed by atoms with Gasteiger partial charge in [0.25, 0.3) is 0 Å². The smallest absolute Gasteiger partial charge is 0.0628 e. The molecule has 0 spiro atoms. The maximum Gasteiger partial charge on any atom is 0.0628 e. The molecule has 0 amide bonds. The van der Waals surface area contributed by atoms with Crippen LogP contribution in [-0.4, -0.2) is 15.7 Å². The molecule has 0 heterocycles. The zero-order valence-corrected chi connectivity index (χ0v) is 13.4. The molecule has 0 bridgehead atoms. The zero-order chi connectivity index (χ0) is 13.7. The lowest BCUT2D eigenvalue weighted by atomic mass is 10.3. The number of nitrogen functional groups attached to an aromatic ring is 1. The van der Waals surface area contributed by atoms with E-state index in [9.17, 15) is 4.21 Å². The second kappa shape index (κ2) is 7.12. The summed E-state index contributed by atoms with van der Waals surface area (Å²) in [7, 11) is -1.05. The lowest BCUT2D eigenvalue weighted by Gasteiger charge is -2.06. The Morgan fingerprint density at radius 1 is 1.16 bits per heavy atom. The highest BCUT2D eigenvalue weighted by molar-refractivity contribution is 9.10. The number of thioether (sulfide) groups is 1. The molecule has 2 N–H and O–H groups in total. The molecule has 100 valence electrons. The summed E-state index contributed by atoms with van der Waals surface area (Å²) >= 11 is 5.08. The number of rotatable bonds is 5. The number of anilines is 1. The number of nitrogens with two attached hydrogens (primary N) is 1. The van der Waals surface area contributed by atoms with Gasteiger partial charge in [-0.1, -0.05) is 34.1 Å². The second-order valence-corrected chi connectivity index (χ2v) is 7.52. The molecule has 0 saturated carbocycles. The van der Waals surface area contributed by atoms with Gasteiger partial charge in [-0.25, -0.2) is 0 Å². The molecule has 1 atom stereocenters. The third kappa shape index (κ3) is 4.37. The monoisotopic (exact) mass is 355 g/mol. The largest absolute Gasteiger partial charge is 0.398 e. The Morgan fingerprint density at radius 3 is 2.63 bits per heavy atom. The van der Waals surface area contributed by atoms with Gasteiger partial charge in [-0.2, -0.15) is 0 Å². The van der Waals surface area contributed by atoms with Crippen LogP contribution in [0.3, 0.4) is 0 Å². The minimum atomic E-state index is -1.05. The molecular weight excluding hydrogens is 342 g/mol. The fourth-order valence-corrected chi connectivity index (χ4v) is 4.41. The number of benzene rings is 2. The molecule has 0 aliphatic heterocycles. The van der Waals surface area contributed by atoms with Gasteiger partial charge >= 0.3 is 0 Å². The fraction of sp³-hybridized carbons (Fsp3) is 0.143. The van der Waals surface area contributed by atoms with Crippen molar-refractivity contribution in [3.63, 3.8) is 0 Å². The van der Waals surface area contributed by atoms with Crippen molar-refractivity contribution in [3.05, 3.63) is 53.0 Å². The SMILES string of the molecule is Nc1ccc(Br)cc1S(=O)CCSc1ccccc1. The molecule has 0 fully saturated rings. The average molecular weight is 356 g/mol. The third-order valence-electron chi connectivity index (χ3n) is 2.50. The molecule has 2 rings (SSSR count). The first kappa shape index (κ1) is 14.6. The molecular formula is C14H14BrNOS2. The fourth-order valence-electron chi connectivity index (χ4n) is 1.57. The van der Waals surface area contributed by atoms with Gasteiger partial charge in [-0.05, 0) is 30.3 Å². The molecule has 0 aliphatic carbocycles. The Balaban J connectivity index is 1.93. The molecule has 0 saturated heterocycles. The van der Waals surface area contributed by atoms with Gasteiger partial charge in [-0.3, -0.25) is 4.21 Å². The Hall–Kier alpha value is -0.780. The van der Waals surface area contributed by atoms with Gasteiger partial charge in [0.15, 0.2) is 0 Å². The van der Waals surface area contributed by atoms with Gasteiger partial charge in [0.2, 0.25) is 0 Å². The van der Waals surface area contributed by atoms with Crippen molar-refractivity contribution < 1.29 is 4.21 Å². The number of hydrogen-bond acceptors (Lipinski definition) is 3. The number of halogens is 1. The molecule has 2 aromatic rings. The van der Waals surface area contributed by atoms with E-state index >= 15 is 0 Å². The predicted octanol–water partition coefficient (Wildman–Crippen LogP) is 3.93. The van der Waals surface area contributed by atoms with E-state index < -0.39 is 10.8 Å². The first-order valence-corrected chi connectivity index (χ1v) is 8.88. The molecule has 5 heteroatoms.